The molecular formula is C16H23NO2. The minimum absolute atomic E-state index is 0.178. The first-order valence-corrected chi connectivity index (χ1v) is 7.27. The molecule has 0 spiro atoms. The van der Waals surface area contributed by atoms with Crippen LogP contribution in [-0.2, 0) is 4.74 Å². The van der Waals surface area contributed by atoms with Crippen LogP contribution in [0.25, 0.3) is 0 Å². The van der Waals surface area contributed by atoms with E-state index < -0.39 is 0 Å². The summed E-state index contributed by atoms with van der Waals surface area (Å²) in [6, 6.07) is 6.81. The number of hydrogen-bond donors (Lipinski definition) is 1. The molecule has 3 rings (SSSR count). The third-order valence-corrected chi connectivity index (χ3v) is 4.32. The topological polar surface area (TPSA) is 30.5 Å². The fraction of sp³-hybridized carbons (Fsp3) is 0.625. The van der Waals surface area contributed by atoms with Crippen LogP contribution in [-0.4, -0.2) is 25.4 Å². The lowest BCUT2D eigenvalue weighted by Gasteiger charge is -2.35. The Morgan fingerprint density at radius 2 is 2.05 bits per heavy atom. The molecule has 2 aliphatic heterocycles. The maximum absolute atomic E-state index is 6.19. The van der Waals surface area contributed by atoms with Gasteiger partial charge in [-0.3, -0.25) is 0 Å². The van der Waals surface area contributed by atoms with Gasteiger partial charge < -0.3 is 14.8 Å². The average Bonchev–Trinajstić information content (AvgIpc) is 2.84. The fourth-order valence-electron chi connectivity index (χ4n) is 3.23. The first kappa shape index (κ1) is 12.9. The van der Waals surface area contributed by atoms with Crippen molar-refractivity contribution >= 4 is 0 Å². The van der Waals surface area contributed by atoms with Gasteiger partial charge in [-0.1, -0.05) is 17.7 Å². The van der Waals surface area contributed by atoms with Crippen LogP contribution < -0.4 is 10.1 Å². The molecule has 0 aromatic heterocycles. The molecule has 3 heteroatoms. The molecule has 1 fully saturated rings. The second-order valence-electron chi connectivity index (χ2n) is 5.84. The summed E-state index contributed by atoms with van der Waals surface area (Å²) >= 11 is 0. The van der Waals surface area contributed by atoms with Gasteiger partial charge in [-0.25, -0.2) is 0 Å². The van der Waals surface area contributed by atoms with E-state index in [1.807, 2.05) is 7.05 Å². The Morgan fingerprint density at radius 3 is 2.74 bits per heavy atom. The Bertz CT molecular complexity index is 460. The minimum atomic E-state index is 0.178. The first-order chi connectivity index (χ1) is 9.17. The summed E-state index contributed by atoms with van der Waals surface area (Å²) in [5.41, 5.74) is 2.57. The molecule has 1 aromatic carbocycles. The van der Waals surface area contributed by atoms with E-state index in [0.29, 0.717) is 12.1 Å². The molecule has 3 nitrogen and oxygen atoms in total. The van der Waals surface area contributed by atoms with Gasteiger partial charge in [-0.15, -0.1) is 0 Å². The van der Waals surface area contributed by atoms with E-state index in [2.05, 4.69) is 37.4 Å². The molecule has 2 aliphatic rings. The van der Waals surface area contributed by atoms with E-state index in [-0.39, 0.29) is 12.2 Å². The summed E-state index contributed by atoms with van der Waals surface area (Å²) in [6.45, 7) is 4.27. The highest BCUT2D eigenvalue weighted by molar-refractivity contribution is 5.41. The molecule has 4 unspecified atom stereocenters. The van der Waals surface area contributed by atoms with Gasteiger partial charge in [-0.2, -0.15) is 0 Å². The maximum Gasteiger partial charge on any atom is 0.127 e. The van der Waals surface area contributed by atoms with Gasteiger partial charge in [-0.05, 0) is 39.8 Å². The monoisotopic (exact) mass is 261 g/mol. The molecular weight excluding hydrogens is 238 g/mol. The minimum Gasteiger partial charge on any atom is -0.487 e. The molecule has 104 valence electrons. The van der Waals surface area contributed by atoms with Crippen molar-refractivity contribution in [1.29, 1.82) is 0 Å². The van der Waals surface area contributed by atoms with Crippen molar-refractivity contribution < 1.29 is 9.47 Å². The molecule has 19 heavy (non-hydrogen) atoms. The van der Waals surface area contributed by atoms with Crippen molar-refractivity contribution in [1.82, 2.24) is 5.32 Å². The van der Waals surface area contributed by atoms with E-state index in [4.69, 9.17) is 9.47 Å². The Labute approximate surface area is 115 Å². The number of aryl methyl sites for hydroxylation is 1. The van der Waals surface area contributed by atoms with Crippen LogP contribution >= 0.6 is 0 Å². The van der Waals surface area contributed by atoms with Crippen LogP contribution in [0, 0.1) is 6.92 Å². The van der Waals surface area contributed by atoms with Crippen molar-refractivity contribution in [3.8, 4) is 5.75 Å². The normalized spacial score (nSPS) is 33.8. The molecule has 1 N–H and O–H groups in total. The van der Waals surface area contributed by atoms with Crippen molar-refractivity contribution in [2.75, 3.05) is 7.05 Å². The number of fused-ring (bicyclic) bond motifs is 1. The number of rotatable bonds is 2. The molecule has 0 bridgehead atoms. The predicted molar refractivity (Wildman–Crippen MR) is 75.6 cm³/mol. The first-order valence-electron chi connectivity index (χ1n) is 7.27. The SMILES string of the molecule is CNC1CC(C2CCC(C)O2)Oc2ccc(C)cc21. The largest absolute Gasteiger partial charge is 0.487 e. The molecule has 0 radical (unpaired) electrons. The van der Waals surface area contributed by atoms with Gasteiger partial charge in [0.25, 0.3) is 0 Å². The van der Waals surface area contributed by atoms with E-state index in [9.17, 15) is 0 Å². The zero-order chi connectivity index (χ0) is 13.4. The predicted octanol–water partition coefficient (Wildman–Crippen LogP) is 2.97. The highest BCUT2D eigenvalue weighted by Gasteiger charge is 2.36. The fourth-order valence-corrected chi connectivity index (χ4v) is 3.23. The lowest BCUT2D eigenvalue weighted by atomic mass is 9.92. The van der Waals surface area contributed by atoms with Crippen LogP contribution in [0.2, 0.25) is 0 Å². The van der Waals surface area contributed by atoms with Gasteiger partial charge in [0.2, 0.25) is 0 Å². The highest BCUT2D eigenvalue weighted by atomic mass is 16.6. The quantitative estimate of drug-likeness (QED) is 0.888. The van der Waals surface area contributed by atoms with Crippen molar-refractivity contribution in [2.24, 2.45) is 0 Å². The van der Waals surface area contributed by atoms with Gasteiger partial charge in [0.15, 0.2) is 0 Å². The number of hydrogen-bond acceptors (Lipinski definition) is 3. The number of ether oxygens (including phenoxy) is 2. The molecule has 1 aromatic rings. The Balaban J connectivity index is 1.83. The lowest BCUT2D eigenvalue weighted by Crippen LogP contribution is -2.39. The summed E-state index contributed by atoms with van der Waals surface area (Å²) < 4.78 is 12.2. The van der Waals surface area contributed by atoms with Gasteiger partial charge in [0, 0.05) is 18.0 Å². The Morgan fingerprint density at radius 1 is 1.21 bits per heavy atom. The van der Waals surface area contributed by atoms with Gasteiger partial charge in [0.05, 0.1) is 12.2 Å². The summed E-state index contributed by atoms with van der Waals surface area (Å²) in [4.78, 5) is 0. The third-order valence-electron chi connectivity index (χ3n) is 4.32. The molecule has 0 amide bonds. The summed E-state index contributed by atoms with van der Waals surface area (Å²) in [5, 5.41) is 3.42. The summed E-state index contributed by atoms with van der Waals surface area (Å²) in [7, 11) is 2.03. The third kappa shape index (κ3) is 2.49. The van der Waals surface area contributed by atoms with Gasteiger partial charge in [0.1, 0.15) is 11.9 Å². The molecule has 4 atom stereocenters. The van der Waals surface area contributed by atoms with Crippen molar-refractivity contribution in [3.05, 3.63) is 29.3 Å². The molecule has 2 heterocycles. The van der Waals surface area contributed by atoms with Gasteiger partial charge >= 0.3 is 0 Å². The van der Waals surface area contributed by atoms with E-state index >= 15 is 0 Å². The maximum atomic E-state index is 6.19. The second-order valence-corrected chi connectivity index (χ2v) is 5.84. The average molecular weight is 261 g/mol. The van der Waals surface area contributed by atoms with E-state index in [1.54, 1.807) is 0 Å². The molecule has 0 aliphatic carbocycles. The lowest BCUT2D eigenvalue weighted by molar-refractivity contribution is -0.0296. The van der Waals surface area contributed by atoms with Crippen LogP contribution in [0.15, 0.2) is 18.2 Å². The Hall–Kier alpha value is -1.06. The highest BCUT2D eigenvalue weighted by Crippen LogP contribution is 2.38. The van der Waals surface area contributed by atoms with Crippen molar-refractivity contribution in [3.63, 3.8) is 0 Å². The second kappa shape index (κ2) is 5.14. The zero-order valence-corrected chi connectivity index (χ0v) is 12.0. The van der Waals surface area contributed by atoms with Crippen LogP contribution in [0.1, 0.15) is 43.4 Å². The van der Waals surface area contributed by atoms with Crippen LogP contribution in [0.3, 0.4) is 0 Å². The van der Waals surface area contributed by atoms with Crippen LogP contribution in [0.4, 0.5) is 0 Å². The standard InChI is InChI=1S/C16H23NO2/c1-10-4-6-14-12(8-10)13(17-3)9-16(19-14)15-7-5-11(2)18-15/h4,6,8,11,13,15-17H,5,7,9H2,1-3H3. The smallest absolute Gasteiger partial charge is 0.127 e. The zero-order valence-electron chi connectivity index (χ0n) is 12.0. The Kier molecular flexibility index (Phi) is 3.50. The summed E-state index contributed by atoms with van der Waals surface area (Å²) in [6.07, 6.45) is 4.06. The number of benzene rings is 1. The van der Waals surface area contributed by atoms with E-state index in [1.165, 1.54) is 11.1 Å². The van der Waals surface area contributed by atoms with E-state index in [0.717, 1.165) is 25.0 Å². The summed E-state index contributed by atoms with van der Waals surface area (Å²) in [5.74, 6) is 1.02. The molecule has 1 saturated heterocycles. The van der Waals surface area contributed by atoms with Crippen LogP contribution in [0.5, 0.6) is 5.75 Å². The molecule has 0 saturated carbocycles. The van der Waals surface area contributed by atoms with Crippen molar-refractivity contribution in [2.45, 2.75) is 57.5 Å². The number of nitrogens with one attached hydrogen (secondary N) is 1.